The molecule has 1 heterocycles. The van der Waals surface area contributed by atoms with Crippen molar-refractivity contribution in [2.75, 3.05) is 13.1 Å². The molecule has 1 rings (SSSR count). The molecule has 66 valence electrons. The molecule has 0 aliphatic rings. The highest BCUT2D eigenvalue weighted by molar-refractivity contribution is 7.11. The first-order valence-corrected chi connectivity index (χ1v) is 5.20. The smallest absolute Gasteiger partial charge is 0.0519 e. The van der Waals surface area contributed by atoms with E-state index in [9.17, 15) is 0 Å². The number of halogens is 1. The average Bonchev–Trinajstić information content (AvgIpc) is 2.45. The normalized spacial score (nSPS) is 11.2. The number of rotatable bonds is 4. The van der Waals surface area contributed by atoms with Crippen molar-refractivity contribution in [2.45, 2.75) is 6.92 Å². The summed E-state index contributed by atoms with van der Waals surface area (Å²) in [6.45, 7) is 4.03. The van der Waals surface area contributed by atoms with Gasteiger partial charge in [-0.05, 0) is 18.7 Å². The van der Waals surface area contributed by atoms with Gasteiger partial charge >= 0.3 is 0 Å². The molecule has 0 spiro atoms. The number of hydrogen-bond acceptors (Lipinski definition) is 2. The first-order chi connectivity index (χ1) is 5.83. The lowest BCUT2D eigenvalue weighted by Crippen LogP contribution is -2.11. The van der Waals surface area contributed by atoms with Gasteiger partial charge in [0.25, 0.3) is 0 Å². The van der Waals surface area contributed by atoms with Gasteiger partial charge in [0, 0.05) is 16.8 Å². The molecule has 0 unspecified atom stereocenters. The van der Waals surface area contributed by atoms with Crippen LogP contribution in [0.5, 0.6) is 0 Å². The number of hydrogen-bond donors (Lipinski definition) is 1. The maximum Gasteiger partial charge on any atom is 0.0519 e. The second-order valence-corrected chi connectivity index (χ2v) is 3.76. The molecule has 0 saturated carbocycles. The summed E-state index contributed by atoms with van der Waals surface area (Å²) in [4.78, 5) is 1.21. The van der Waals surface area contributed by atoms with Gasteiger partial charge in [-0.2, -0.15) is 0 Å². The first-order valence-electron chi connectivity index (χ1n) is 3.94. The lowest BCUT2D eigenvalue weighted by Gasteiger charge is -1.91. The summed E-state index contributed by atoms with van der Waals surface area (Å²) in [5.74, 6) is 0. The van der Waals surface area contributed by atoms with E-state index in [4.69, 9.17) is 11.6 Å². The second kappa shape index (κ2) is 5.36. The standard InChI is InChI=1S/C9H12ClNS/c1-2-11-5-3-4-9-6-8(10)7-12-9/h3-4,6-7,11H,2,5H2,1H3. The van der Waals surface area contributed by atoms with Crippen molar-refractivity contribution in [1.82, 2.24) is 5.32 Å². The van der Waals surface area contributed by atoms with Gasteiger partial charge in [-0.3, -0.25) is 0 Å². The Labute approximate surface area is 82.1 Å². The van der Waals surface area contributed by atoms with Crippen LogP contribution in [-0.2, 0) is 0 Å². The average molecular weight is 202 g/mol. The van der Waals surface area contributed by atoms with E-state index in [0.29, 0.717) is 0 Å². The molecular formula is C9H12ClNS. The fraction of sp³-hybridized carbons (Fsp3) is 0.333. The van der Waals surface area contributed by atoms with Gasteiger partial charge in [0.2, 0.25) is 0 Å². The Hall–Kier alpha value is -0.310. The van der Waals surface area contributed by atoms with Crippen LogP contribution in [0.2, 0.25) is 5.02 Å². The summed E-state index contributed by atoms with van der Waals surface area (Å²) in [5, 5.41) is 5.97. The molecule has 0 aliphatic heterocycles. The van der Waals surface area contributed by atoms with E-state index < -0.39 is 0 Å². The van der Waals surface area contributed by atoms with Crippen LogP contribution in [0, 0.1) is 0 Å². The van der Waals surface area contributed by atoms with Crippen LogP contribution in [0.3, 0.4) is 0 Å². The Morgan fingerprint density at radius 3 is 3.08 bits per heavy atom. The van der Waals surface area contributed by atoms with E-state index >= 15 is 0 Å². The molecule has 0 amide bonds. The highest BCUT2D eigenvalue weighted by atomic mass is 35.5. The predicted molar refractivity (Wildman–Crippen MR) is 56.9 cm³/mol. The van der Waals surface area contributed by atoms with E-state index in [2.05, 4.69) is 24.4 Å². The van der Waals surface area contributed by atoms with E-state index in [-0.39, 0.29) is 0 Å². The molecule has 3 heteroatoms. The van der Waals surface area contributed by atoms with E-state index in [1.54, 1.807) is 11.3 Å². The van der Waals surface area contributed by atoms with Crippen molar-refractivity contribution in [2.24, 2.45) is 0 Å². The minimum absolute atomic E-state index is 0.822. The van der Waals surface area contributed by atoms with Gasteiger partial charge in [-0.25, -0.2) is 0 Å². The molecule has 1 aromatic rings. The molecule has 0 saturated heterocycles. The molecule has 0 aliphatic carbocycles. The topological polar surface area (TPSA) is 12.0 Å². The highest BCUT2D eigenvalue weighted by Crippen LogP contribution is 2.19. The Bertz CT molecular complexity index is 255. The number of likely N-dealkylation sites (N-methyl/N-ethyl adjacent to an activating group) is 1. The van der Waals surface area contributed by atoms with Crippen LogP contribution in [-0.4, -0.2) is 13.1 Å². The molecule has 0 bridgehead atoms. The van der Waals surface area contributed by atoms with Gasteiger partial charge in [-0.1, -0.05) is 24.6 Å². The van der Waals surface area contributed by atoms with Gasteiger partial charge in [0.05, 0.1) is 5.02 Å². The molecular weight excluding hydrogens is 190 g/mol. The highest BCUT2D eigenvalue weighted by Gasteiger charge is 1.91. The second-order valence-electron chi connectivity index (χ2n) is 2.38. The molecule has 0 atom stereocenters. The van der Waals surface area contributed by atoms with Crippen LogP contribution in [0.4, 0.5) is 0 Å². The van der Waals surface area contributed by atoms with Crippen molar-refractivity contribution >= 4 is 29.0 Å². The van der Waals surface area contributed by atoms with E-state index in [1.807, 2.05) is 11.4 Å². The zero-order valence-corrected chi connectivity index (χ0v) is 8.58. The summed E-state index contributed by atoms with van der Waals surface area (Å²) in [5.41, 5.74) is 0. The predicted octanol–water partition coefficient (Wildman–Crippen LogP) is 3.02. The van der Waals surface area contributed by atoms with Crippen LogP contribution < -0.4 is 5.32 Å². The first kappa shape index (κ1) is 9.78. The maximum atomic E-state index is 5.76. The van der Waals surface area contributed by atoms with Crippen molar-refractivity contribution in [1.29, 1.82) is 0 Å². The zero-order valence-electron chi connectivity index (χ0n) is 7.01. The minimum Gasteiger partial charge on any atom is -0.314 e. The third-order valence-corrected chi connectivity index (χ3v) is 2.63. The molecule has 0 fully saturated rings. The largest absolute Gasteiger partial charge is 0.314 e. The van der Waals surface area contributed by atoms with Crippen molar-refractivity contribution in [3.8, 4) is 0 Å². The molecule has 1 nitrogen and oxygen atoms in total. The van der Waals surface area contributed by atoms with Crippen LogP contribution in [0.25, 0.3) is 6.08 Å². The Morgan fingerprint density at radius 2 is 2.50 bits per heavy atom. The van der Waals surface area contributed by atoms with E-state index in [1.165, 1.54) is 4.88 Å². The number of nitrogens with one attached hydrogen (secondary N) is 1. The Kier molecular flexibility index (Phi) is 4.36. The summed E-state index contributed by atoms with van der Waals surface area (Å²) >= 11 is 7.42. The van der Waals surface area contributed by atoms with Gasteiger partial charge < -0.3 is 5.32 Å². The maximum absolute atomic E-state index is 5.76. The third-order valence-electron chi connectivity index (χ3n) is 1.38. The molecule has 1 N–H and O–H groups in total. The quantitative estimate of drug-likeness (QED) is 0.739. The lowest BCUT2D eigenvalue weighted by molar-refractivity contribution is 0.801. The number of thiophene rings is 1. The minimum atomic E-state index is 0.822. The summed E-state index contributed by atoms with van der Waals surface area (Å²) in [6.07, 6.45) is 4.19. The summed E-state index contributed by atoms with van der Waals surface area (Å²) in [7, 11) is 0. The Balaban J connectivity index is 2.36. The third kappa shape index (κ3) is 3.39. The monoisotopic (exact) mass is 201 g/mol. The molecule has 0 aromatic carbocycles. The lowest BCUT2D eigenvalue weighted by atomic mass is 10.4. The van der Waals surface area contributed by atoms with Crippen molar-refractivity contribution in [3.63, 3.8) is 0 Å². The van der Waals surface area contributed by atoms with Gasteiger partial charge in [0.15, 0.2) is 0 Å². The SMILES string of the molecule is CCNCC=Cc1cc(Cl)cs1. The Morgan fingerprint density at radius 1 is 1.67 bits per heavy atom. The van der Waals surface area contributed by atoms with Crippen LogP contribution in [0.1, 0.15) is 11.8 Å². The van der Waals surface area contributed by atoms with Crippen LogP contribution >= 0.6 is 22.9 Å². The zero-order chi connectivity index (χ0) is 8.81. The van der Waals surface area contributed by atoms with Gasteiger partial charge in [0.1, 0.15) is 0 Å². The molecule has 1 aromatic heterocycles. The summed E-state index contributed by atoms with van der Waals surface area (Å²) < 4.78 is 0. The van der Waals surface area contributed by atoms with Crippen LogP contribution in [0.15, 0.2) is 17.5 Å². The van der Waals surface area contributed by atoms with E-state index in [0.717, 1.165) is 18.1 Å². The fourth-order valence-electron chi connectivity index (χ4n) is 0.818. The summed E-state index contributed by atoms with van der Waals surface area (Å²) in [6, 6.07) is 1.97. The fourth-order valence-corrected chi connectivity index (χ4v) is 1.82. The van der Waals surface area contributed by atoms with Crippen molar-refractivity contribution < 1.29 is 0 Å². The van der Waals surface area contributed by atoms with Gasteiger partial charge in [-0.15, -0.1) is 11.3 Å². The molecule has 0 radical (unpaired) electrons. The molecule has 12 heavy (non-hydrogen) atoms. The van der Waals surface area contributed by atoms with Crippen molar-refractivity contribution in [3.05, 3.63) is 27.4 Å².